The minimum absolute atomic E-state index is 0.284. The Morgan fingerprint density at radius 2 is 2.21 bits per heavy atom. The van der Waals surface area contributed by atoms with Crippen LogP contribution < -0.4 is 5.32 Å². The summed E-state index contributed by atoms with van der Waals surface area (Å²) in [6.07, 6.45) is 3.71. The highest BCUT2D eigenvalue weighted by atomic mass is 16.5. The topological polar surface area (TPSA) is 87.1 Å². The SMILES string of the molecule is [N-]=[N+]=N[C@H]1C(=O)OCCN[C@H]1/C=C/c1ccccc1. The van der Waals surface area contributed by atoms with Crippen molar-refractivity contribution in [1.82, 2.24) is 5.32 Å². The summed E-state index contributed by atoms with van der Waals surface area (Å²) in [5.74, 6) is -0.495. The molecule has 98 valence electrons. The zero-order chi connectivity index (χ0) is 13.5. The molecule has 1 aromatic rings. The molecule has 1 N–H and O–H groups in total. The van der Waals surface area contributed by atoms with Gasteiger partial charge in [0.05, 0.1) is 0 Å². The van der Waals surface area contributed by atoms with Crippen molar-refractivity contribution < 1.29 is 9.53 Å². The van der Waals surface area contributed by atoms with Gasteiger partial charge in [-0.05, 0) is 11.1 Å². The molecule has 0 aliphatic carbocycles. The van der Waals surface area contributed by atoms with Crippen LogP contribution in [0.2, 0.25) is 0 Å². The number of hydrogen-bond donors (Lipinski definition) is 1. The van der Waals surface area contributed by atoms with Crippen molar-refractivity contribution in [1.29, 1.82) is 0 Å². The maximum Gasteiger partial charge on any atom is 0.316 e. The molecular formula is C13H14N4O2. The largest absolute Gasteiger partial charge is 0.464 e. The van der Waals surface area contributed by atoms with Crippen molar-refractivity contribution in [2.24, 2.45) is 5.11 Å². The van der Waals surface area contributed by atoms with Crippen LogP contribution in [0.4, 0.5) is 0 Å². The van der Waals surface area contributed by atoms with E-state index >= 15 is 0 Å². The number of benzene rings is 1. The molecule has 1 fully saturated rings. The quantitative estimate of drug-likeness (QED) is 0.388. The zero-order valence-corrected chi connectivity index (χ0v) is 10.3. The fourth-order valence-corrected chi connectivity index (χ4v) is 1.85. The van der Waals surface area contributed by atoms with Crippen LogP contribution in [-0.4, -0.2) is 31.2 Å². The van der Waals surface area contributed by atoms with Crippen molar-refractivity contribution in [3.05, 3.63) is 52.4 Å². The van der Waals surface area contributed by atoms with Crippen LogP contribution in [0.15, 0.2) is 41.5 Å². The molecule has 6 heteroatoms. The summed E-state index contributed by atoms with van der Waals surface area (Å²) in [7, 11) is 0. The zero-order valence-electron chi connectivity index (χ0n) is 10.3. The van der Waals surface area contributed by atoms with Gasteiger partial charge >= 0.3 is 5.97 Å². The molecule has 1 aromatic carbocycles. The van der Waals surface area contributed by atoms with E-state index in [0.717, 1.165) is 5.56 Å². The summed E-state index contributed by atoms with van der Waals surface area (Å²) >= 11 is 0. The molecule has 0 radical (unpaired) electrons. The molecule has 0 saturated carbocycles. The minimum Gasteiger partial charge on any atom is -0.464 e. The average Bonchev–Trinajstić information content (AvgIpc) is 2.61. The highest BCUT2D eigenvalue weighted by Crippen LogP contribution is 2.10. The number of hydrogen-bond acceptors (Lipinski definition) is 4. The number of nitrogens with one attached hydrogen (secondary N) is 1. The Balaban J connectivity index is 2.17. The van der Waals surface area contributed by atoms with E-state index in [1.54, 1.807) is 0 Å². The van der Waals surface area contributed by atoms with Gasteiger partial charge in [-0.15, -0.1) is 0 Å². The van der Waals surface area contributed by atoms with E-state index in [-0.39, 0.29) is 12.6 Å². The molecule has 0 amide bonds. The van der Waals surface area contributed by atoms with Crippen molar-refractivity contribution in [3.63, 3.8) is 0 Å². The van der Waals surface area contributed by atoms with Gasteiger partial charge in [0.15, 0.2) is 6.04 Å². The average molecular weight is 258 g/mol. The first-order valence-electron chi connectivity index (χ1n) is 5.99. The van der Waals surface area contributed by atoms with Crippen LogP contribution in [0.3, 0.4) is 0 Å². The van der Waals surface area contributed by atoms with Crippen molar-refractivity contribution in [2.75, 3.05) is 13.2 Å². The predicted molar refractivity (Wildman–Crippen MR) is 71.2 cm³/mol. The van der Waals surface area contributed by atoms with E-state index in [4.69, 9.17) is 10.3 Å². The Labute approximate surface area is 110 Å². The maximum atomic E-state index is 11.7. The molecule has 1 heterocycles. The van der Waals surface area contributed by atoms with Gasteiger partial charge in [0.25, 0.3) is 0 Å². The molecule has 0 spiro atoms. The van der Waals surface area contributed by atoms with Crippen LogP contribution in [0, 0.1) is 0 Å². The number of carbonyl (C=O) groups is 1. The van der Waals surface area contributed by atoms with Gasteiger partial charge < -0.3 is 10.1 Å². The van der Waals surface area contributed by atoms with Crippen molar-refractivity contribution >= 4 is 12.0 Å². The second-order valence-electron chi connectivity index (χ2n) is 4.07. The van der Waals surface area contributed by atoms with Crippen molar-refractivity contribution in [3.8, 4) is 0 Å². The highest BCUT2D eigenvalue weighted by Gasteiger charge is 2.29. The summed E-state index contributed by atoms with van der Waals surface area (Å²) < 4.78 is 4.95. The number of cyclic esters (lactones) is 1. The van der Waals surface area contributed by atoms with Gasteiger partial charge in [-0.1, -0.05) is 47.6 Å². The van der Waals surface area contributed by atoms with Crippen molar-refractivity contribution in [2.45, 2.75) is 12.1 Å². The van der Waals surface area contributed by atoms with E-state index < -0.39 is 12.0 Å². The first-order valence-corrected chi connectivity index (χ1v) is 5.99. The Morgan fingerprint density at radius 1 is 1.42 bits per heavy atom. The number of nitrogens with zero attached hydrogens (tertiary/aromatic N) is 3. The molecule has 19 heavy (non-hydrogen) atoms. The van der Waals surface area contributed by atoms with Gasteiger partial charge in [0.2, 0.25) is 0 Å². The smallest absolute Gasteiger partial charge is 0.316 e. The van der Waals surface area contributed by atoms with Gasteiger partial charge in [0, 0.05) is 17.5 Å². The maximum absolute atomic E-state index is 11.7. The van der Waals surface area contributed by atoms with Crippen LogP contribution >= 0.6 is 0 Å². The second kappa shape index (κ2) is 6.58. The molecule has 1 aliphatic heterocycles. The van der Waals surface area contributed by atoms with Crippen LogP contribution in [0.1, 0.15) is 5.56 Å². The monoisotopic (exact) mass is 258 g/mol. The molecule has 2 atom stereocenters. The normalized spacial score (nSPS) is 23.5. The third-order valence-electron chi connectivity index (χ3n) is 2.78. The second-order valence-corrected chi connectivity index (χ2v) is 4.07. The molecule has 2 rings (SSSR count). The third-order valence-corrected chi connectivity index (χ3v) is 2.78. The third kappa shape index (κ3) is 3.58. The number of azide groups is 1. The van der Waals surface area contributed by atoms with E-state index in [2.05, 4.69) is 15.3 Å². The van der Waals surface area contributed by atoms with E-state index in [1.165, 1.54) is 0 Å². The Morgan fingerprint density at radius 3 is 2.95 bits per heavy atom. The Kier molecular flexibility index (Phi) is 4.55. The molecule has 0 bridgehead atoms. The first kappa shape index (κ1) is 13.1. The summed E-state index contributed by atoms with van der Waals surface area (Å²) in [6, 6.07) is 8.47. The molecule has 0 unspecified atom stereocenters. The van der Waals surface area contributed by atoms with Gasteiger partial charge in [-0.3, -0.25) is 4.79 Å². The molecule has 1 saturated heterocycles. The number of ether oxygens (including phenoxy) is 1. The Hall–Kier alpha value is -2.30. The minimum atomic E-state index is -0.868. The number of rotatable bonds is 3. The highest BCUT2D eigenvalue weighted by molar-refractivity contribution is 5.78. The first-order chi connectivity index (χ1) is 9.31. The standard InChI is InChI=1S/C13H14N4O2/c14-17-16-12-11(15-8-9-19-13(12)18)7-6-10-4-2-1-3-5-10/h1-7,11-12,15H,8-9H2/b7-6+/t11-,12+/m0/s1. The Bertz CT molecular complexity index is 509. The fourth-order valence-electron chi connectivity index (χ4n) is 1.85. The predicted octanol–water partition coefficient (Wildman–Crippen LogP) is 1.89. The van der Waals surface area contributed by atoms with Crippen LogP contribution in [-0.2, 0) is 9.53 Å². The lowest BCUT2D eigenvalue weighted by Crippen LogP contribution is -2.39. The molecule has 1 aliphatic rings. The molecular weight excluding hydrogens is 244 g/mol. The summed E-state index contributed by atoms with van der Waals surface area (Å²) in [5, 5.41) is 6.63. The van der Waals surface area contributed by atoms with E-state index in [0.29, 0.717) is 6.54 Å². The van der Waals surface area contributed by atoms with E-state index in [9.17, 15) is 4.79 Å². The number of esters is 1. The summed E-state index contributed by atoms with van der Waals surface area (Å²) in [5.41, 5.74) is 9.55. The molecule has 6 nitrogen and oxygen atoms in total. The van der Waals surface area contributed by atoms with Crippen LogP contribution in [0.5, 0.6) is 0 Å². The molecule has 0 aromatic heterocycles. The lowest BCUT2D eigenvalue weighted by atomic mass is 10.1. The summed E-state index contributed by atoms with van der Waals surface area (Å²) in [6.45, 7) is 0.818. The lowest BCUT2D eigenvalue weighted by Gasteiger charge is -2.15. The van der Waals surface area contributed by atoms with E-state index in [1.807, 2.05) is 42.5 Å². The summed E-state index contributed by atoms with van der Waals surface area (Å²) in [4.78, 5) is 14.4. The van der Waals surface area contributed by atoms with Gasteiger partial charge in [-0.25, -0.2) is 0 Å². The van der Waals surface area contributed by atoms with Gasteiger partial charge in [0.1, 0.15) is 6.61 Å². The lowest BCUT2D eigenvalue weighted by molar-refractivity contribution is -0.143. The van der Waals surface area contributed by atoms with Crippen LogP contribution in [0.25, 0.3) is 16.5 Å². The fraction of sp³-hybridized carbons (Fsp3) is 0.308. The number of carbonyl (C=O) groups excluding carboxylic acids is 1. The van der Waals surface area contributed by atoms with Gasteiger partial charge in [-0.2, -0.15) is 0 Å².